The molecule has 4 N–H and O–H groups in total. The van der Waals surface area contributed by atoms with E-state index >= 15 is 0 Å². The van der Waals surface area contributed by atoms with Crippen LogP contribution >= 0.6 is 23.2 Å². The van der Waals surface area contributed by atoms with E-state index in [9.17, 15) is 0 Å². The van der Waals surface area contributed by atoms with Crippen LogP contribution in [0.3, 0.4) is 0 Å². The van der Waals surface area contributed by atoms with Crippen molar-refractivity contribution in [2.24, 2.45) is 5.73 Å². The van der Waals surface area contributed by atoms with E-state index in [1.54, 1.807) is 12.4 Å². The number of ether oxygens (including phenoxy) is 1. The van der Waals surface area contributed by atoms with Crippen molar-refractivity contribution in [3.8, 4) is 17.1 Å². The van der Waals surface area contributed by atoms with Crippen LogP contribution in [0, 0.1) is 0 Å². The average Bonchev–Trinajstić information content (AvgIpc) is 3.17. The van der Waals surface area contributed by atoms with Crippen molar-refractivity contribution in [2.75, 3.05) is 6.54 Å². The maximum atomic E-state index is 6.27. The highest BCUT2D eigenvalue weighted by Gasteiger charge is 2.41. The van der Waals surface area contributed by atoms with Crippen LogP contribution in [0.5, 0.6) is 5.75 Å². The van der Waals surface area contributed by atoms with Crippen LogP contribution in [0.1, 0.15) is 37.3 Å². The van der Waals surface area contributed by atoms with Crippen LogP contribution in [0.4, 0.5) is 0 Å². The Kier molecular flexibility index (Phi) is 5.25. The molecule has 0 aliphatic carbocycles. The SMILES string of the molecule is C[C@@H](Oc1ccc2[nH]nc(-c3ccc(C4NCC4(C)N)nn3)c2c1)c1c(Cl)cncc1Cl. The standard InChI is InChI=1S/C22H21Cl2N7O/c1-11(19-14(23)8-26-9-15(19)24)32-12-3-4-16-13(7-12)20(31-28-16)17-5-6-18(30-29-17)21-22(2,25)10-27-21/h3-9,11,21,27H,10,25H2,1-2H3,(H,28,31)/t11-,21?,22?/m1/s1. The van der Waals surface area contributed by atoms with Gasteiger partial charge in [-0.2, -0.15) is 10.2 Å². The Hall–Kier alpha value is -2.78. The summed E-state index contributed by atoms with van der Waals surface area (Å²) < 4.78 is 6.13. The summed E-state index contributed by atoms with van der Waals surface area (Å²) >= 11 is 12.5. The van der Waals surface area contributed by atoms with Crippen molar-refractivity contribution in [2.45, 2.75) is 31.5 Å². The Morgan fingerprint density at radius 1 is 1.16 bits per heavy atom. The number of pyridine rings is 1. The Labute approximate surface area is 194 Å². The molecule has 10 heteroatoms. The molecule has 164 valence electrons. The maximum absolute atomic E-state index is 6.27. The van der Waals surface area contributed by atoms with Gasteiger partial charge in [0.2, 0.25) is 0 Å². The lowest BCUT2D eigenvalue weighted by atomic mass is 9.83. The first-order valence-corrected chi connectivity index (χ1v) is 10.9. The van der Waals surface area contributed by atoms with Crippen LogP contribution < -0.4 is 15.8 Å². The van der Waals surface area contributed by atoms with Gasteiger partial charge in [-0.05, 0) is 44.2 Å². The van der Waals surface area contributed by atoms with Crippen molar-refractivity contribution in [1.29, 1.82) is 0 Å². The van der Waals surface area contributed by atoms with Crippen molar-refractivity contribution < 1.29 is 4.74 Å². The summed E-state index contributed by atoms with van der Waals surface area (Å²) in [4.78, 5) is 3.99. The molecule has 1 saturated heterocycles. The van der Waals surface area contributed by atoms with Gasteiger partial charge in [-0.3, -0.25) is 10.1 Å². The molecule has 0 saturated carbocycles. The second kappa shape index (κ2) is 7.97. The summed E-state index contributed by atoms with van der Waals surface area (Å²) in [5, 5.41) is 21.3. The van der Waals surface area contributed by atoms with E-state index in [0.717, 1.165) is 23.1 Å². The molecule has 2 unspecified atom stereocenters. The molecule has 0 bridgehead atoms. The molecule has 0 radical (unpaired) electrons. The van der Waals surface area contributed by atoms with E-state index in [0.29, 0.717) is 32.7 Å². The summed E-state index contributed by atoms with van der Waals surface area (Å²) in [6, 6.07) is 9.51. The fourth-order valence-corrected chi connectivity index (χ4v) is 4.60. The van der Waals surface area contributed by atoms with E-state index in [1.165, 1.54) is 0 Å². The minimum Gasteiger partial charge on any atom is -0.486 e. The fraction of sp³-hybridized carbons (Fsp3) is 0.273. The summed E-state index contributed by atoms with van der Waals surface area (Å²) in [5.74, 6) is 0.652. The zero-order chi connectivity index (χ0) is 22.5. The maximum Gasteiger partial charge on any atom is 0.124 e. The van der Waals surface area contributed by atoms with Crippen LogP contribution in [0.15, 0.2) is 42.7 Å². The second-order valence-corrected chi connectivity index (χ2v) is 9.03. The van der Waals surface area contributed by atoms with Gasteiger partial charge in [0.05, 0.1) is 27.3 Å². The highest BCUT2D eigenvalue weighted by molar-refractivity contribution is 6.35. The molecule has 0 spiro atoms. The Balaban J connectivity index is 1.43. The zero-order valence-corrected chi connectivity index (χ0v) is 18.9. The first kappa shape index (κ1) is 21.1. The Morgan fingerprint density at radius 2 is 1.94 bits per heavy atom. The normalized spacial score (nSPS) is 21.3. The molecule has 4 aromatic rings. The number of nitrogens with one attached hydrogen (secondary N) is 2. The minimum absolute atomic E-state index is 0.00620. The zero-order valence-electron chi connectivity index (χ0n) is 17.4. The van der Waals surface area contributed by atoms with Crippen molar-refractivity contribution in [3.63, 3.8) is 0 Å². The van der Waals surface area contributed by atoms with Gasteiger partial charge in [0.25, 0.3) is 0 Å². The summed E-state index contributed by atoms with van der Waals surface area (Å²) in [6.45, 7) is 4.64. The average molecular weight is 470 g/mol. The third-order valence-electron chi connectivity index (χ3n) is 5.71. The molecule has 3 atom stereocenters. The predicted octanol–water partition coefficient (Wildman–Crippen LogP) is 4.22. The molecule has 1 aromatic carbocycles. The molecule has 5 rings (SSSR count). The number of nitrogens with zero attached hydrogens (tertiary/aromatic N) is 4. The first-order valence-electron chi connectivity index (χ1n) is 10.1. The number of benzene rings is 1. The molecule has 4 heterocycles. The lowest BCUT2D eigenvalue weighted by Crippen LogP contribution is -2.65. The van der Waals surface area contributed by atoms with E-state index in [4.69, 9.17) is 33.7 Å². The molecule has 32 heavy (non-hydrogen) atoms. The van der Waals surface area contributed by atoms with Crippen LogP contribution in [0.25, 0.3) is 22.3 Å². The molecule has 1 fully saturated rings. The molecule has 3 aromatic heterocycles. The molecule has 0 amide bonds. The van der Waals surface area contributed by atoms with Gasteiger partial charge in [-0.1, -0.05) is 23.2 Å². The monoisotopic (exact) mass is 469 g/mol. The number of H-pyrrole nitrogens is 1. The van der Waals surface area contributed by atoms with E-state index < -0.39 is 0 Å². The Bertz CT molecular complexity index is 1270. The van der Waals surface area contributed by atoms with E-state index in [2.05, 4.69) is 30.7 Å². The summed E-state index contributed by atoms with van der Waals surface area (Å²) in [5.41, 5.74) is 9.63. The van der Waals surface area contributed by atoms with Gasteiger partial charge in [-0.25, -0.2) is 0 Å². The number of rotatable bonds is 5. The summed E-state index contributed by atoms with van der Waals surface area (Å²) in [7, 11) is 0. The first-order chi connectivity index (χ1) is 15.3. The number of fused-ring (bicyclic) bond motifs is 1. The summed E-state index contributed by atoms with van der Waals surface area (Å²) in [6.07, 6.45) is 2.73. The Morgan fingerprint density at radius 3 is 2.56 bits per heavy atom. The third-order valence-corrected chi connectivity index (χ3v) is 6.32. The van der Waals surface area contributed by atoms with Crippen molar-refractivity contribution in [3.05, 3.63) is 64.0 Å². The molecule has 1 aliphatic rings. The van der Waals surface area contributed by atoms with Gasteiger partial charge < -0.3 is 15.8 Å². The van der Waals surface area contributed by atoms with Crippen molar-refractivity contribution in [1.82, 2.24) is 30.7 Å². The van der Waals surface area contributed by atoms with Crippen LogP contribution in [0.2, 0.25) is 10.0 Å². The van der Waals surface area contributed by atoms with Crippen LogP contribution in [-0.2, 0) is 0 Å². The smallest absolute Gasteiger partial charge is 0.124 e. The van der Waals surface area contributed by atoms with Gasteiger partial charge in [0.15, 0.2) is 0 Å². The predicted molar refractivity (Wildman–Crippen MR) is 124 cm³/mol. The largest absolute Gasteiger partial charge is 0.486 e. The van der Waals surface area contributed by atoms with Gasteiger partial charge in [0, 0.05) is 35.4 Å². The van der Waals surface area contributed by atoms with Crippen LogP contribution in [-0.4, -0.2) is 37.5 Å². The second-order valence-electron chi connectivity index (χ2n) is 8.22. The number of halogens is 2. The highest BCUT2D eigenvalue weighted by Crippen LogP contribution is 2.35. The number of nitrogens with two attached hydrogens (primary N) is 1. The van der Waals surface area contributed by atoms with E-state index in [1.807, 2.05) is 44.2 Å². The number of aromatic nitrogens is 5. The van der Waals surface area contributed by atoms with Gasteiger partial charge in [0.1, 0.15) is 23.2 Å². The lowest BCUT2D eigenvalue weighted by molar-refractivity contribution is 0.199. The number of aromatic amines is 1. The lowest BCUT2D eigenvalue weighted by Gasteiger charge is -2.44. The fourth-order valence-electron chi connectivity index (χ4n) is 3.93. The topological polar surface area (TPSA) is 115 Å². The molecular weight excluding hydrogens is 449 g/mol. The quantitative estimate of drug-likeness (QED) is 0.400. The molecular formula is C22H21Cl2N7O. The minimum atomic E-state index is -0.370. The number of hydrogen-bond acceptors (Lipinski definition) is 7. The molecule has 8 nitrogen and oxygen atoms in total. The third kappa shape index (κ3) is 3.69. The van der Waals surface area contributed by atoms with E-state index in [-0.39, 0.29) is 17.7 Å². The van der Waals surface area contributed by atoms with Gasteiger partial charge in [-0.15, -0.1) is 5.10 Å². The highest BCUT2D eigenvalue weighted by atomic mass is 35.5. The van der Waals surface area contributed by atoms with Crippen molar-refractivity contribution >= 4 is 34.1 Å². The molecule has 1 aliphatic heterocycles. The number of hydrogen-bond donors (Lipinski definition) is 3. The van der Waals surface area contributed by atoms with Gasteiger partial charge >= 0.3 is 0 Å².